The number of hydrogen-bond acceptors (Lipinski definition) is 8. The zero-order valence-corrected chi connectivity index (χ0v) is 60.4. The molecule has 0 unspecified atom stereocenters. The van der Waals surface area contributed by atoms with Crippen LogP contribution in [0.1, 0.15) is 170 Å². The molecule has 4 rings (SSSR count). The van der Waals surface area contributed by atoms with E-state index in [1.807, 2.05) is 0 Å². The van der Waals surface area contributed by atoms with Gasteiger partial charge in [0.15, 0.2) is 33.3 Å². The third kappa shape index (κ3) is 18.8. The van der Waals surface area contributed by atoms with Crippen LogP contribution in [-0.4, -0.2) is 75.6 Å². The molecule has 4 aromatic rings. The first-order chi connectivity index (χ1) is 37.1. The van der Waals surface area contributed by atoms with E-state index in [-0.39, 0.29) is 56.1 Å². The summed E-state index contributed by atoms with van der Waals surface area (Å²) in [6.07, 6.45) is 9.90. The van der Waals surface area contributed by atoms with Crippen LogP contribution in [0.25, 0.3) is 6.08 Å². The van der Waals surface area contributed by atoms with Gasteiger partial charge in [0, 0.05) is 23.3 Å². The molecule has 0 radical (unpaired) electrons. The summed E-state index contributed by atoms with van der Waals surface area (Å²) < 4.78 is 36.6. The van der Waals surface area contributed by atoms with Crippen LogP contribution in [0.5, 0.6) is 0 Å². The van der Waals surface area contributed by atoms with Crippen molar-refractivity contribution in [3.8, 4) is 0 Å². The SMILES string of the molecule is Cc1nc(/C=C/[C@H](C/C=C(\CCC[C@H](C)[C@H](O[Si](C)(C)C(C)(C)C)[C@@H](C)C(=O)C(C)(C)[C@H](CCO[Si](C)(C)C(C)(C)C)O[Si](C)(C)C(C)(C)C)COC(c2ccccc2)(c2ccccc2)c2ccccc2)O[Si](C)(C)C(C)(C)C)cs1. The van der Waals surface area contributed by atoms with Crippen LogP contribution in [0, 0.1) is 24.2 Å². The van der Waals surface area contributed by atoms with Crippen LogP contribution in [0.4, 0.5) is 0 Å². The second-order valence-electron chi connectivity index (χ2n) is 30.1. The molecule has 0 fully saturated rings. The normalized spacial score (nSPS) is 16.1. The van der Waals surface area contributed by atoms with Crippen molar-refractivity contribution >= 4 is 56.5 Å². The second kappa shape index (κ2) is 28.1. The average Bonchev–Trinajstić information content (AvgIpc) is 3.79. The highest BCUT2D eigenvalue weighted by atomic mass is 32.1. The number of aryl methyl sites for hydroxylation is 1. The van der Waals surface area contributed by atoms with E-state index in [1.165, 1.54) is 5.57 Å². The van der Waals surface area contributed by atoms with E-state index in [4.69, 9.17) is 27.4 Å². The van der Waals surface area contributed by atoms with Gasteiger partial charge in [-0.1, -0.05) is 214 Å². The number of aromatic nitrogens is 1. The first-order valence-electron chi connectivity index (χ1n) is 30.4. The van der Waals surface area contributed by atoms with Gasteiger partial charge < -0.3 is 22.4 Å². The van der Waals surface area contributed by atoms with Gasteiger partial charge in [0.25, 0.3) is 0 Å². The number of benzene rings is 3. The molecule has 7 nitrogen and oxygen atoms in total. The number of thiazole rings is 1. The fourth-order valence-corrected chi connectivity index (χ4v) is 15.4. The standard InChI is InChI=1S/C69H113NO6SSi4/c1-52(62(76-81(24,25)67(13,14)15)53(2)63(71)68(16,17)61(75-80(22,23)66(10,11)12)48-49-73-78(18,19)64(4,5)6)36-35-37-55(44-46-60(74-79(20,21)65(7,8)9)47-45-59-51-77-54(3)70-59)50-72-69(56-38-29-26-30-39-56,57-40-31-27-32-41-57)58-42-33-28-34-43-58/h26-34,38-45,47,51-53,60-62H,35-37,46,48-50H2,1-25H3/b47-45+,55-44+/t52-,53+,60-,61-,62-/m0/s1. The number of Topliss-reactive ketones (excluding diaryl/α,β-unsaturated/α-hetero) is 1. The minimum atomic E-state index is -2.37. The molecule has 1 aromatic heterocycles. The molecule has 5 atom stereocenters. The summed E-state index contributed by atoms with van der Waals surface area (Å²) in [6.45, 7) is 57.9. The predicted octanol–water partition coefficient (Wildman–Crippen LogP) is 20.4. The number of carbonyl (C=O) groups is 1. The highest BCUT2D eigenvalue weighted by Gasteiger charge is 2.50. The predicted molar refractivity (Wildman–Crippen MR) is 359 cm³/mol. The molecule has 0 N–H and O–H groups in total. The summed E-state index contributed by atoms with van der Waals surface area (Å²) in [5, 5.41) is 3.19. The minimum Gasteiger partial charge on any atom is -0.417 e. The van der Waals surface area contributed by atoms with Gasteiger partial charge in [-0.2, -0.15) is 0 Å². The summed E-state index contributed by atoms with van der Waals surface area (Å²) in [5.74, 6) is -0.0937. The van der Waals surface area contributed by atoms with Crippen LogP contribution < -0.4 is 0 Å². The lowest BCUT2D eigenvalue weighted by molar-refractivity contribution is -0.141. The third-order valence-electron chi connectivity index (χ3n) is 19.2. The van der Waals surface area contributed by atoms with Crippen LogP contribution in [0.3, 0.4) is 0 Å². The van der Waals surface area contributed by atoms with Crippen molar-refractivity contribution < 1.29 is 27.2 Å². The summed E-state index contributed by atoms with van der Waals surface area (Å²) >= 11 is 1.67. The Balaban J connectivity index is 1.81. The summed E-state index contributed by atoms with van der Waals surface area (Å²) in [6, 6.07) is 32.0. The number of rotatable bonds is 29. The number of hydrogen-bond donors (Lipinski definition) is 0. The van der Waals surface area contributed by atoms with Gasteiger partial charge in [-0.3, -0.25) is 4.79 Å². The van der Waals surface area contributed by atoms with Gasteiger partial charge >= 0.3 is 0 Å². The Labute approximate surface area is 503 Å². The summed E-state index contributed by atoms with van der Waals surface area (Å²) in [5.41, 5.74) is 3.71. The van der Waals surface area contributed by atoms with Crippen LogP contribution in [0.15, 0.2) is 114 Å². The topological polar surface area (TPSA) is 76.1 Å². The van der Waals surface area contributed by atoms with Crippen LogP contribution in [-0.2, 0) is 32.8 Å². The zero-order valence-electron chi connectivity index (χ0n) is 55.6. The molecule has 0 spiro atoms. The van der Waals surface area contributed by atoms with Crippen molar-refractivity contribution in [1.29, 1.82) is 0 Å². The van der Waals surface area contributed by atoms with Gasteiger partial charge in [-0.25, -0.2) is 4.98 Å². The molecule has 452 valence electrons. The van der Waals surface area contributed by atoms with Gasteiger partial charge in [-0.15, -0.1) is 11.3 Å². The van der Waals surface area contributed by atoms with E-state index in [0.29, 0.717) is 26.1 Å². The van der Waals surface area contributed by atoms with Gasteiger partial charge in [0.1, 0.15) is 11.4 Å². The maximum absolute atomic E-state index is 15.7. The monoisotopic (exact) mass is 1200 g/mol. The molecule has 3 aromatic carbocycles. The third-order valence-corrected chi connectivity index (χ3v) is 38.0. The van der Waals surface area contributed by atoms with E-state index < -0.39 is 44.3 Å². The maximum Gasteiger partial charge on any atom is 0.192 e. The molecule has 0 aliphatic heterocycles. The molecule has 81 heavy (non-hydrogen) atoms. The highest BCUT2D eigenvalue weighted by Crippen LogP contribution is 2.46. The van der Waals surface area contributed by atoms with Gasteiger partial charge in [0.05, 0.1) is 35.6 Å². The minimum absolute atomic E-state index is 0.0251. The highest BCUT2D eigenvalue weighted by molar-refractivity contribution is 7.09. The lowest BCUT2D eigenvalue weighted by Crippen LogP contribution is -2.54. The van der Waals surface area contributed by atoms with Crippen molar-refractivity contribution in [2.45, 2.75) is 246 Å². The number of nitrogens with zero attached hydrogens (tertiary/aromatic N) is 1. The van der Waals surface area contributed by atoms with Gasteiger partial charge in [-0.05, 0) is 146 Å². The average molecular weight is 1200 g/mol. The lowest BCUT2D eigenvalue weighted by Gasteiger charge is -2.47. The second-order valence-corrected chi connectivity index (χ2v) is 50.2. The number of carbonyl (C=O) groups excluding carboxylic acids is 1. The molecule has 0 amide bonds. The molecule has 0 saturated carbocycles. The Morgan fingerprint density at radius 3 is 1.48 bits per heavy atom. The molecule has 12 heteroatoms. The largest absolute Gasteiger partial charge is 0.417 e. The lowest BCUT2D eigenvalue weighted by atomic mass is 9.73. The molecule has 0 aliphatic rings. The van der Waals surface area contributed by atoms with Crippen molar-refractivity contribution in [3.63, 3.8) is 0 Å². The Hall–Kier alpha value is -2.89. The number of ether oxygens (including phenoxy) is 1. The Bertz CT molecular complexity index is 2520. The van der Waals surface area contributed by atoms with E-state index in [9.17, 15) is 0 Å². The van der Waals surface area contributed by atoms with Crippen molar-refractivity contribution in [2.24, 2.45) is 17.3 Å². The molecule has 0 aliphatic carbocycles. The molecule has 0 saturated heterocycles. The fourth-order valence-electron chi connectivity index (χ4n) is 9.54. The Morgan fingerprint density at radius 1 is 0.605 bits per heavy atom. The quantitative estimate of drug-likeness (QED) is 0.0305. The molecular weight excluding hydrogens is 1080 g/mol. The molecular formula is C69H113NO6SSi4. The van der Waals surface area contributed by atoms with E-state index in [2.05, 4.69) is 285 Å². The van der Waals surface area contributed by atoms with Crippen molar-refractivity contribution in [2.75, 3.05) is 13.2 Å². The van der Waals surface area contributed by atoms with E-state index >= 15 is 4.79 Å². The van der Waals surface area contributed by atoms with Crippen molar-refractivity contribution in [1.82, 2.24) is 4.98 Å². The maximum atomic E-state index is 15.7. The molecule has 1 heterocycles. The summed E-state index contributed by atoms with van der Waals surface area (Å²) in [7, 11) is -8.93. The fraction of sp³-hybridized carbons (Fsp3) is 0.623. The van der Waals surface area contributed by atoms with E-state index in [0.717, 1.165) is 46.7 Å². The zero-order chi connectivity index (χ0) is 61.3. The first-order valence-corrected chi connectivity index (χ1v) is 42.9. The van der Waals surface area contributed by atoms with Crippen LogP contribution in [0.2, 0.25) is 72.5 Å². The summed E-state index contributed by atoms with van der Waals surface area (Å²) in [4.78, 5) is 20.5. The van der Waals surface area contributed by atoms with Crippen molar-refractivity contribution in [3.05, 3.63) is 141 Å². The van der Waals surface area contributed by atoms with E-state index in [1.54, 1.807) is 11.3 Å². The van der Waals surface area contributed by atoms with Crippen LogP contribution >= 0.6 is 11.3 Å². The smallest absolute Gasteiger partial charge is 0.192 e. The van der Waals surface area contributed by atoms with Gasteiger partial charge in [0.2, 0.25) is 0 Å². The molecule has 0 bridgehead atoms. The number of ketones is 1. The Morgan fingerprint density at radius 2 is 1.05 bits per heavy atom. The first kappa shape index (κ1) is 70.6. The Kier molecular flexibility index (Phi) is 24.5.